The molecule has 2 aromatic carbocycles. The van der Waals surface area contributed by atoms with Crippen molar-refractivity contribution >= 4 is 11.7 Å². The van der Waals surface area contributed by atoms with Gasteiger partial charge in [-0.1, -0.05) is 42.5 Å². The molecule has 1 aromatic heterocycles. The summed E-state index contributed by atoms with van der Waals surface area (Å²) in [5.41, 5.74) is 2.10. The first-order valence-corrected chi connectivity index (χ1v) is 8.76. The zero-order valence-corrected chi connectivity index (χ0v) is 15.7. The molecule has 0 amide bonds. The Labute approximate surface area is 162 Å². The van der Waals surface area contributed by atoms with Crippen LogP contribution in [0.3, 0.4) is 0 Å². The lowest BCUT2D eigenvalue weighted by atomic mass is 10.0. The van der Waals surface area contributed by atoms with Crippen molar-refractivity contribution in [1.82, 2.24) is 9.97 Å². The fraction of sp³-hybridized carbons (Fsp3) is 0.190. The lowest BCUT2D eigenvalue weighted by Gasteiger charge is -2.15. The highest BCUT2D eigenvalue weighted by atomic mass is 16.6. The van der Waals surface area contributed by atoms with E-state index in [0.29, 0.717) is 22.8 Å². The summed E-state index contributed by atoms with van der Waals surface area (Å²) in [5.74, 6) is -0.130. The number of rotatable bonds is 5. The van der Waals surface area contributed by atoms with Crippen LogP contribution in [-0.2, 0) is 4.74 Å². The van der Waals surface area contributed by atoms with Crippen LogP contribution in [-0.4, -0.2) is 27.0 Å². The Kier molecular flexibility index (Phi) is 5.44. The standard InChI is InChI=1S/C21H19N3O4/c1-13(2)28-21(25)18-14(3)22-20(15-8-5-4-6-9-15)23-19(18)16-10-7-11-17(12-16)24(26)27/h4-13H,1-3H3. The minimum Gasteiger partial charge on any atom is -0.459 e. The number of benzene rings is 2. The molecule has 3 rings (SSSR count). The van der Waals surface area contributed by atoms with E-state index in [0.717, 1.165) is 5.56 Å². The molecule has 142 valence electrons. The first-order valence-electron chi connectivity index (χ1n) is 8.76. The van der Waals surface area contributed by atoms with Crippen LogP contribution in [0.1, 0.15) is 29.9 Å². The maximum absolute atomic E-state index is 12.7. The van der Waals surface area contributed by atoms with Gasteiger partial charge in [-0.15, -0.1) is 0 Å². The van der Waals surface area contributed by atoms with E-state index in [1.54, 1.807) is 32.9 Å². The summed E-state index contributed by atoms with van der Waals surface area (Å²) >= 11 is 0. The molecule has 0 bridgehead atoms. The van der Waals surface area contributed by atoms with Crippen LogP contribution < -0.4 is 0 Å². The predicted octanol–water partition coefficient (Wildman–Crippen LogP) is 4.59. The predicted molar refractivity (Wildman–Crippen MR) is 105 cm³/mol. The van der Waals surface area contributed by atoms with Crippen molar-refractivity contribution in [3.8, 4) is 22.6 Å². The van der Waals surface area contributed by atoms with Crippen molar-refractivity contribution in [3.63, 3.8) is 0 Å². The molecule has 0 saturated carbocycles. The van der Waals surface area contributed by atoms with Crippen molar-refractivity contribution in [3.05, 3.63) is 76.0 Å². The Morgan fingerprint density at radius 2 is 1.71 bits per heavy atom. The molecule has 0 aliphatic rings. The van der Waals surface area contributed by atoms with Crippen LogP contribution in [0.25, 0.3) is 22.6 Å². The highest BCUT2D eigenvalue weighted by molar-refractivity contribution is 5.97. The SMILES string of the molecule is Cc1nc(-c2ccccc2)nc(-c2cccc([N+](=O)[O-])c2)c1C(=O)OC(C)C. The van der Waals surface area contributed by atoms with Gasteiger partial charge in [0.15, 0.2) is 5.82 Å². The Balaban J connectivity index is 2.24. The van der Waals surface area contributed by atoms with Gasteiger partial charge in [-0.3, -0.25) is 10.1 Å². The van der Waals surface area contributed by atoms with Crippen molar-refractivity contribution in [1.29, 1.82) is 0 Å². The molecule has 7 heteroatoms. The van der Waals surface area contributed by atoms with Crippen molar-refractivity contribution in [2.24, 2.45) is 0 Å². The van der Waals surface area contributed by atoms with E-state index >= 15 is 0 Å². The first kappa shape index (κ1) is 19.2. The van der Waals surface area contributed by atoms with Crippen LogP contribution in [0.2, 0.25) is 0 Å². The number of carbonyl (C=O) groups excluding carboxylic acids is 1. The average molecular weight is 377 g/mol. The minimum absolute atomic E-state index is 0.0850. The molecular formula is C21H19N3O4. The Bertz CT molecular complexity index is 1030. The van der Waals surface area contributed by atoms with E-state index in [9.17, 15) is 14.9 Å². The number of nitro groups is 1. The zero-order chi connectivity index (χ0) is 20.3. The molecule has 28 heavy (non-hydrogen) atoms. The van der Waals surface area contributed by atoms with Crippen molar-refractivity contribution in [2.75, 3.05) is 0 Å². The van der Waals surface area contributed by atoms with Gasteiger partial charge < -0.3 is 4.74 Å². The minimum atomic E-state index is -0.561. The Morgan fingerprint density at radius 3 is 2.36 bits per heavy atom. The summed E-state index contributed by atoms with van der Waals surface area (Å²) in [5, 5.41) is 11.2. The fourth-order valence-corrected chi connectivity index (χ4v) is 2.78. The van der Waals surface area contributed by atoms with E-state index in [2.05, 4.69) is 9.97 Å². The molecular weight excluding hydrogens is 358 g/mol. The van der Waals surface area contributed by atoms with Gasteiger partial charge in [0.05, 0.1) is 22.4 Å². The molecule has 3 aromatic rings. The van der Waals surface area contributed by atoms with Crippen molar-refractivity contribution < 1.29 is 14.5 Å². The number of ether oxygens (including phenoxy) is 1. The van der Waals surface area contributed by atoms with E-state index in [1.807, 2.05) is 30.3 Å². The van der Waals surface area contributed by atoms with E-state index in [1.165, 1.54) is 12.1 Å². The first-order chi connectivity index (χ1) is 13.4. The third-order valence-corrected chi connectivity index (χ3v) is 4.00. The monoisotopic (exact) mass is 377 g/mol. The van der Waals surface area contributed by atoms with Gasteiger partial charge in [-0.2, -0.15) is 0 Å². The number of aryl methyl sites for hydroxylation is 1. The second-order valence-corrected chi connectivity index (χ2v) is 6.48. The molecule has 0 atom stereocenters. The summed E-state index contributed by atoms with van der Waals surface area (Å²) in [4.78, 5) is 32.4. The number of non-ortho nitro benzene ring substituents is 1. The van der Waals surface area contributed by atoms with Crippen LogP contribution in [0.4, 0.5) is 5.69 Å². The van der Waals surface area contributed by atoms with Gasteiger partial charge in [-0.05, 0) is 20.8 Å². The van der Waals surface area contributed by atoms with Crippen molar-refractivity contribution in [2.45, 2.75) is 26.9 Å². The lowest BCUT2D eigenvalue weighted by molar-refractivity contribution is -0.384. The van der Waals surface area contributed by atoms with Gasteiger partial charge in [0.25, 0.3) is 5.69 Å². The van der Waals surface area contributed by atoms with Crippen LogP contribution in [0, 0.1) is 17.0 Å². The molecule has 0 aliphatic carbocycles. The summed E-state index contributed by atoms with van der Waals surface area (Å²) in [7, 11) is 0. The summed E-state index contributed by atoms with van der Waals surface area (Å²) in [6.45, 7) is 5.20. The number of carbonyl (C=O) groups is 1. The third kappa shape index (κ3) is 4.03. The van der Waals surface area contributed by atoms with Gasteiger partial charge >= 0.3 is 5.97 Å². The number of aromatic nitrogens is 2. The van der Waals surface area contributed by atoms with Crippen LogP contribution in [0.5, 0.6) is 0 Å². The maximum Gasteiger partial charge on any atom is 0.342 e. The van der Waals surface area contributed by atoms with E-state index < -0.39 is 10.9 Å². The number of nitrogens with zero attached hydrogens (tertiary/aromatic N) is 3. The molecule has 1 heterocycles. The number of hydrogen-bond acceptors (Lipinski definition) is 6. The molecule has 0 radical (unpaired) electrons. The third-order valence-electron chi connectivity index (χ3n) is 4.00. The molecule has 0 aliphatic heterocycles. The van der Waals surface area contributed by atoms with Crippen LogP contribution >= 0.6 is 0 Å². The van der Waals surface area contributed by atoms with E-state index in [-0.39, 0.29) is 17.4 Å². The molecule has 0 N–H and O–H groups in total. The molecule has 0 saturated heterocycles. The van der Waals surface area contributed by atoms with Gasteiger partial charge in [0.1, 0.15) is 5.56 Å². The molecule has 0 unspecified atom stereocenters. The van der Waals surface area contributed by atoms with E-state index in [4.69, 9.17) is 4.74 Å². The van der Waals surface area contributed by atoms with Crippen LogP contribution in [0.15, 0.2) is 54.6 Å². The summed E-state index contributed by atoms with van der Waals surface area (Å²) < 4.78 is 5.35. The number of nitro benzene ring substituents is 1. The van der Waals surface area contributed by atoms with Gasteiger partial charge in [-0.25, -0.2) is 14.8 Å². The number of esters is 1. The second-order valence-electron chi connectivity index (χ2n) is 6.48. The maximum atomic E-state index is 12.7. The molecule has 0 fully saturated rings. The fourth-order valence-electron chi connectivity index (χ4n) is 2.78. The smallest absolute Gasteiger partial charge is 0.342 e. The Morgan fingerprint density at radius 1 is 1.04 bits per heavy atom. The highest BCUT2D eigenvalue weighted by Gasteiger charge is 2.23. The lowest BCUT2D eigenvalue weighted by Crippen LogP contribution is -2.16. The summed E-state index contributed by atoms with van der Waals surface area (Å²) in [6.07, 6.45) is -0.321. The quantitative estimate of drug-likeness (QED) is 0.366. The van der Waals surface area contributed by atoms with Gasteiger partial charge in [0, 0.05) is 23.3 Å². The second kappa shape index (κ2) is 7.96. The average Bonchev–Trinajstić information content (AvgIpc) is 2.67. The topological polar surface area (TPSA) is 95.2 Å². The van der Waals surface area contributed by atoms with Gasteiger partial charge in [0.2, 0.25) is 0 Å². The normalized spacial score (nSPS) is 10.7. The molecule has 0 spiro atoms. The molecule has 7 nitrogen and oxygen atoms in total. The zero-order valence-electron chi connectivity index (χ0n) is 15.7. The highest BCUT2D eigenvalue weighted by Crippen LogP contribution is 2.30. The number of hydrogen-bond donors (Lipinski definition) is 0. The largest absolute Gasteiger partial charge is 0.459 e. The summed E-state index contributed by atoms with van der Waals surface area (Å²) in [6, 6.07) is 15.3. The Hall–Kier alpha value is -3.61.